The van der Waals surface area contributed by atoms with E-state index >= 15 is 0 Å². The lowest BCUT2D eigenvalue weighted by Crippen LogP contribution is -2.00. The van der Waals surface area contributed by atoms with Crippen molar-refractivity contribution in [2.45, 2.75) is 0 Å². The lowest BCUT2D eigenvalue weighted by Gasteiger charge is -2.11. The third kappa shape index (κ3) is 4.97. The van der Waals surface area contributed by atoms with Gasteiger partial charge in [-0.15, -0.1) is 22.7 Å². The standard InChI is InChI=1S/C46H26N4OS2/c1-2-12-27(13-3-1)43-48-44(29-15-8-14-28(26-29)30-17-9-18-32-31-16-4-6-23-37(31)51-41(30)32)50-45(49-43)34-20-11-25-39-40(34)33-19-10-21-35(42(33)52-39)46-47-36-22-5-7-24-38(36)53-46/h1-26H. The number of thiophene rings is 1. The van der Waals surface area contributed by atoms with Gasteiger partial charge in [0.15, 0.2) is 17.5 Å². The summed E-state index contributed by atoms with van der Waals surface area (Å²) in [5, 5.41) is 5.53. The Bertz CT molecular complexity index is 3160. The lowest BCUT2D eigenvalue weighted by molar-refractivity contribution is 0.670. The van der Waals surface area contributed by atoms with E-state index in [2.05, 4.69) is 103 Å². The van der Waals surface area contributed by atoms with Gasteiger partial charge in [-0.25, -0.2) is 19.9 Å². The Morgan fingerprint density at radius 3 is 1.96 bits per heavy atom. The number of fused-ring (bicyclic) bond motifs is 7. The summed E-state index contributed by atoms with van der Waals surface area (Å²) >= 11 is 3.52. The van der Waals surface area contributed by atoms with Crippen molar-refractivity contribution in [2.75, 3.05) is 0 Å². The fourth-order valence-electron chi connectivity index (χ4n) is 7.33. The van der Waals surface area contributed by atoms with E-state index in [1.165, 1.54) is 19.5 Å². The summed E-state index contributed by atoms with van der Waals surface area (Å²) in [5.74, 6) is 1.87. The second-order valence-corrected chi connectivity index (χ2v) is 15.1. The van der Waals surface area contributed by atoms with Gasteiger partial charge in [0.1, 0.15) is 16.2 Å². The van der Waals surface area contributed by atoms with Crippen LogP contribution >= 0.6 is 22.7 Å². The Morgan fingerprint density at radius 1 is 0.415 bits per heavy atom. The highest BCUT2D eigenvalue weighted by atomic mass is 32.1. The molecule has 0 saturated carbocycles. The highest BCUT2D eigenvalue weighted by Crippen LogP contribution is 2.45. The van der Waals surface area contributed by atoms with E-state index in [1.54, 1.807) is 22.7 Å². The number of hydrogen-bond donors (Lipinski definition) is 0. The minimum absolute atomic E-state index is 0.610. The largest absolute Gasteiger partial charge is 0.455 e. The summed E-state index contributed by atoms with van der Waals surface area (Å²) in [6, 6.07) is 54.3. The quantitative estimate of drug-likeness (QED) is 0.178. The van der Waals surface area contributed by atoms with Crippen molar-refractivity contribution in [3.8, 4) is 55.9 Å². The van der Waals surface area contributed by atoms with Crippen molar-refractivity contribution < 1.29 is 4.42 Å². The lowest BCUT2D eigenvalue weighted by atomic mass is 10.00. The molecule has 248 valence electrons. The Morgan fingerprint density at radius 2 is 1.06 bits per heavy atom. The average molecular weight is 715 g/mol. The molecule has 0 aliphatic carbocycles. The van der Waals surface area contributed by atoms with E-state index in [0.29, 0.717) is 17.5 Å². The molecule has 0 aliphatic rings. The minimum atomic E-state index is 0.610. The number of aromatic nitrogens is 4. The van der Waals surface area contributed by atoms with E-state index in [-0.39, 0.29) is 0 Å². The third-order valence-corrected chi connectivity index (χ3v) is 12.1. The van der Waals surface area contributed by atoms with Crippen LogP contribution in [0.5, 0.6) is 0 Å². The topological polar surface area (TPSA) is 64.7 Å². The van der Waals surface area contributed by atoms with Gasteiger partial charge in [-0.05, 0) is 35.9 Å². The molecule has 11 rings (SSSR count). The van der Waals surface area contributed by atoms with Gasteiger partial charge in [0.25, 0.3) is 0 Å². The maximum Gasteiger partial charge on any atom is 0.164 e. The van der Waals surface area contributed by atoms with Crippen LogP contribution in [0.1, 0.15) is 0 Å². The molecule has 0 bridgehead atoms. The predicted octanol–water partition coefficient (Wildman–Crippen LogP) is 13.1. The second kappa shape index (κ2) is 12.0. The fourth-order valence-corrected chi connectivity index (χ4v) is 9.64. The molecule has 0 saturated heterocycles. The molecule has 5 nitrogen and oxygen atoms in total. The van der Waals surface area contributed by atoms with Gasteiger partial charge in [-0.2, -0.15) is 0 Å². The minimum Gasteiger partial charge on any atom is -0.455 e. The molecule has 4 heterocycles. The first-order chi connectivity index (χ1) is 26.2. The number of para-hydroxylation sites is 3. The van der Waals surface area contributed by atoms with Crippen LogP contribution in [0.25, 0.3) is 108 Å². The van der Waals surface area contributed by atoms with Crippen molar-refractivity contribution in [3.05, 3.63) is 158 Å². The van der Waals surface area contributed by atoms with Gasteiger partial charge < -0.3 is 4.42 Å². The van der Waals surface area contributed by atoms with Gasteiger partial charge in [-0.1, -0.05) is 127 Å². The zero-order chi connectivity index (χ0) is 34.9. The van der Waals surface area contributed by atoms with Gasteiger partial charge in [-0.3, -0.25) is 0 Å². The van der Waals surface area contributed by atoms with Crippen molar-refractivity contribution in [1.82, 2.24) is 19.9 Å². The van der Waals surface area contributed by atoms with Crippen molar-refractivity contribution >= 4 is 75.0 Å². The van der Waals surface area contributed by atoms with Gasteiger partial charge in [0, 0.05) is 58.8 Å². The highest BCUT2D eigenvalue weighted by Gasteiger charge is 2.20. The third-order valence-electron chi connectivity index (χ3n) is 9.79. The fraction of sp³-hybridized carbons (Fsp3) is 0. The molecule has 53 heavy (non-hydrogen) atoms. The predicted molar refractivity (Wildman–Crippen MR) is 220 cm³/mol. The van der Waals surface area contributed by atoms with Crippen LogP contribution in [0.2, 0.25) is 0 Å². The monoisotopic (exact) mass is 714 g/mol. The first-order valence-corrected chi connectivity index (χ1v) is 19.0. The SMILES string of the molecule is c1ccc(-c2nc(-c3cccc(-c4cccc5c4oc4ccccc45)c3)nc(-c3cccc4sc5c(-c6nc7ccccc7s6)cccc5c34)n2)cc1. The molecule has 0 atom stereocenters. The van der Waals surface area contributed by atoms with Gasteiger partial charge >= 0.3 is 0 Å². The van der Waals surface area contributed by atoms with Crippen LogP contribution < -0.4 is 0 Å². The van der Waals surface area contributed by atoms with Crippen molar-refractivity contribution in [3.63, 3.8) is 0 Å². The summed E-state index contributed by atoms with van der Waals surface area (Å²) in [6.07, 6.45) is 0. The number of thiazole rings is 1. The number of nitrogens with zero attached hydrogens (tertiary/aromatic N) is 4. The number of furan rings is 1. The molecular formula is C46H26N4OS2. The number of hydrogen-bond acceptors (Lipinski definition) is 7. The molecule has 11 aromatic rings. The van der Waals surface area contributed by atoms with Gasteiger partial charge in [0.05, 0.1) is 10.2 Å². The van der Waals surface area contributed by atoms with Crippen LogP contribution in [-0.2, 0) is 0 Å². The first kappa shape index (κ1) is 30.1. The van der Waals surface area contributed by atoms with Gasteiger partial charge in [0.2, 0.25) is 0 Å². The molecular weight excluding hydrogens is 689 g/mol. The van der Waals surface area contributed by atoms with Crippen LogP contribution in [0.3, 0.4) is 0 Å². The molecule has 0 unspecified atom stereocenters. The van der Waals surface area contributed by atoms with Crippen LogP contribution in [0, 0.1) is 0 Å². The summed E-state index contributed by atoms with van der Waals surface area (Å²) < 4.78 is 9.98. The smallest absolute Gasteiger partial charge is 0.164 e. The summed E-state index contributed by atoms with van der Waals surface area (Å²) in [4.78, 5) is 20.5. The zero-order valence-electron chi connectivity index (χ0n) is 28.0. The Labute approximate surface area is 311 Å². The number of benzene rings is 7. The highest BCUT2D eigenvalue weighted by molar-refractivity contribution is 7.27. The second-order valence-electron chi connectivity index (χ2n) is 13.0. The summed E-state index contributed by atoms with van der Waals surface area (Å²) in [6.45, 7) is 0. The normalized spacial score (nSPS) is 11.8. The Balaban J connectivity index is 1.10. The molecule has 0 spiro atoms. The summed E-state index contributed by atoms with van der Waals surface area (Å²) in [7, 11) is 0. The van der Waals surface area contributed by atoms with Crippen LogP contribution in [0.4, 0.5) is 0 Å². The summed E-state index contributed by atoms with van der Waals surface area (Å²) in [5.41, 5.74) is 8.78. The van der Waals surface area contributed by atoms with Crippen molar-refractivity contribution in [2.24, 2.45) is 0 Å². The molecule has 4 aromatic heterocycles. The van der Waals surface area contributed by atoms with E-state index < -0.39 is 0 Å². The average Bonchev–Trinajstić information content (AvgIpc) is 3.94. The maximum absolute atomic E-state index is 6.41. The van der Waals surface area contributed by atoms with Crippen LogP contribution in [0.15, 0.2) is 162 Å². The molecule has 0 amide bonds. The molecule has 0 N–H and O–H groups in total. The van der Waals surface area contributed by atoms with Crippen molar-refractivity contribution in [1.29, 1.82) is 0 Å². The van der Waals surface area contributed by atoms with E-state index in [9.17, 15) is 0 Å². The molecule has 0 fully saturated rings. The van der Waals surface area contributed by atoms with E-state index in [0.717, 1.165) is 71.2 Å². The number of rotatable bonds is 5. The maximum atomic E-state index is 6.41. The van der Waals surface area contributed by atoms with Crippen LogP contribution in [-0.4, -0.2) is 19.9 Å². The zero-order valence-corrected chi connectivity index (χ0v) is 29.7. The van der Waals surface area contributed by atoms with E-state index in [1.807, 2.05) is 54.6 Å². The first-order valence-electron chi connectivity index (χ1n) is 17.4. The molecule has 7 heteroatoms. The molecule has 7 aromatic carbocycles. The molecule has 0 aliphatic heterocycles. The van der Waals surface area contributed by atoms with E-state index in [4.69, 9.17) is 24.4 Å². The Kier molecular flexibility index (Phi) is 6.83. The molecule has 0 radical (unpaired) electrons. The Hall–Kier alpha value is -6.54.